The van der Waals surface area contributed by atoms with Crippen molar-refractivity contribution in [2.24, 2.45) is 0 Å². The van der Waals surface area contributed by atoms with Gasteiger partial charge in [-0.15, -0.1) is 0 Å². The topological polar surface area (TPSA) is 156 Å². The Labute approximate surface area is 275 Å². The summed E-state index contributed by atoms with van der Waals surface area (Å²) in [4.78, 5) is 55.2. The van der Waals surface area contributed by atoms with Crippen LogP contribution < -0.4 is 25.4 Å². The Morgan fingerprint density at radius 3 is 2.00 bits per heavy atom. The third-order valence-electron chi connectivity index (χ3n) is 6.97. The van der Waals surface area contributed by atoms with E-state index in [0.29, 0.717) is 23.6 Å². The number of methoxy groups -OCH3 is 2. The Morgan fingerprint density at radius 2 is 1.45 bits per heavy atom. The first kappa shape index (κ1) is 36.2. The molecule has 0 aliphatic carbocycles. The molecule has 3 aromatic carbocycles. The van der Waals surface area contributed by atoms with Gasteiger partial charge >= 0.3 is 12.1 Å². The first-order chi connectivity index (χ1) is 22.3. The number of rotatable bonds is 13. The van der Waals surface area contributed by atoms with Crippen molar-refractivity contribution < 1.29 is 38.5 Å². The number of nitrogens with one attached hydrogen (secondary N) is 3. The lowest BCUT2D eigenvalue weighted by atomic mass is 10.0. The van der Waals surface area contributed by atoms with E-state index < -0.39 is 41.6 Å². The van der Waals surface area contributed by atoms with E-state index in [9.17, 15) is 24.3 Å². The molecule has 0 spiro atoms. The van der Waals surface area contributed by atoms with Gasteiger partial charge < -0.3 is 35.3 Å². The first-order valence-corrected chi connectivity index (χ1v) is 15.3. The molecule has 3 rings (SSSR count). The highest BCUT2D eigenvalue weighted by Gasteiger charge is 2.40. The summed E-state index contributed by atoms with van der Waals surface area (Å²) in [7, 11) is 2.73. The Morgan fingerprint density at radius 1 is 0.872 bits per heavy atom. The average molecular weight is 649 g/mol. The van der Waals surface area contributed by atoms with Crippen molar-refractivity contribution in [3.63, 3.8) is 0 Å². The van der Waals surface area contributed by atoms with Crippen LogP contribution in [0.15, 0.2) is 72.8 Å². The van der Waals surface area contributed by atoms with E-state index in [0.717, 1.165) is 12.0 Å². The number of para-hydroxylation sites is 1. The number of imide groups is 1. The van der Waals surface area contributed by atoms with Gasteiger partial charge in [0.05, 0.1) is 14.2 Å². The number of urea groups is 1. The van der Waals surface area contributed by atoms with Crippen LogP contribution >= 0.6 is 0 Å². The molecule has 5 amide bonds. The quantitative estimate of drug-likeness (QED) is 0.188. The largest absolute Gasteiger partial charge is 0.508 e. The number of phenolic OH excluding ortho intramolecular Hbond substituents is 1. The van der Waals surface area contributed by atoms with Crippen LogP contribution in [0.4, 0.5) is 15.3 Å². The van der Waals surface area contributed by atoms with Gasteiger partial charge in [0.15, 0.2) is 0 Å². The molecule has 47 heavy (non-hydrogen) atoms. The minimum atomic E-state index is -1.56. The molecule has 0 saturated heterocycles. The Balaban J connectivity index is 1.93. The van der Waals surface area contributed by atoms with Crippen LogP contribution in [-0.2, 0) is 27.2 Å². The third-order valence-corrected chi connectivity index (χ3v) is 6.97. The van der Waals surface area contributed by atoms with Crippen molar-refractivity contribution >= 4 is 29.6 Å². The number of aryl methyl sites for hydroxylation is 1. The summed E-state index contributed by atoms with van der Waals surface area (Å²) in [5, 5.41) is 18.3. The second kappa shape index (κ2) is 16.9. The molecule has 0 aromatic heterocycles. The van der Waals surface area contributed by atoms with E-state index in [-0.39, 0.29) is 29.2 Å². The summed E-state index contributed by atoms with van der Waals surface area (Å²) in [6, 6.07) is 17.4. The SMILES string of the molecule is COc1cc(O)cc(OC)c1C[C@H](C(=O)N[C@H](C)C(=O)NCCCc1ccccc1)N(C(=O)Nc1ccccc1)C(=O)OC(C)(C)C. The highest BCUT2D eigenvalue weighted by molar-refractivity contribution is 6.03. The highest BCUT2D eigenvalue weighted by Crippen LogP contribution is 2.35. The molecular formula is C35H44N4O8. The van der Waals surface area contributed by atoms with Crippen molar-refractivity contribution in [3.05, 3.63) is 83.9 Å². The molecule has 0 fully saturated rings. The van der Waals surface area contributed by atoms with Gasteiger partial charge in [0, 0.05) is 36.3 Å². The summed E-state index contributed by atoms with van der Waals surface area (Å²) in [5.41, 5.74) is 0.770. The van der Waals surface area contributed by atoms with Crippen LogP contribution in [0, 0.1) is 0 Å². The molecular weight excluding hydrogens is 604 g/mol. The van der Waals surface area contributed by atoms with Gasteiger partial charge in [-0.3, -0.25) is 9.59 Å². The predicted octanol–water partition coefficient (Wildman–Crippen LogP) is 5.04. The van der Waals surface area contributed by atoms with Crippen LogP contribution in [0.1, 0.15) is 45.2 Å². The molecule has 3 aromatic rings. The van der Waals surface area contributed by atoms with Gasteiger partial charge in [-0.25, -0.2) is 14.5 Å². The number of carbonyl (C=O) groups is 4. The lowest BCUT2D eigenvalue weighted by molar-refractivity contribution is -0.130. The molecule has 0 aliphatic heterocycles. The van der Waals surface area contributed by atoms with Crippen molar-refractivity contribution in [1.29, 1.82) is 0 Å². The number of amides is 5. The van der Waals surface area contributed by atoms with E-state index in [1.807, 2.05) is 30.3 Å². The number of hydrogen-bond donors (Lipinski definition) is 4. The van der Waals surface area contributed by atoms with Gasteiger partial charge in [-0.05, 0) is 58.2 Å². The first-order valence-electron chi connectivity index (χ1n) is 15.3. The second-order valence-corrected chi connectivity index (χ2v) is 11.8. The van der Waals surface area contributed by atoms with Gasteiger partial charge in [-0.1, -0.05) is 48.5 Å². The molecule has 252 valence electrons. The maximum atomic E-state index is 14.1. The van der Waals surface area contributed by atoms with Crippen LogP contribution in [-0.4, -0.2) is 72.4 Å². The maximum Gasteiger partial charge on any atom is 0.419 e. The highest BCUT2D eigenvalue weighted by atomic mass is 16.6. The zero-order valence-corrected chi connectivity index (χ0v) is 27.7. The fourth-order valence-corrected chi connectivity index (χ4v) is 4.71. The number of phenols is 1. The summed E-state index contributed by atoms with van der Waals surface area (Å²) < 4.78 is 16.5. The molecule has 12 nitrogen and oxygen atoms in total. The van der Waals surface area contributed by atoms with Crippen molar-refractivity contribution in [2.45, 2.75) is 64.6 Å². The van der Waals surface area contributed by atoms with Crippen molar-refractivity contribution in [3.8, 4) is 17.2 Å². The molecule has 0 aliphatic rings. The fourth-order valence-electron chi connectivity index (χ4n) is 4.71. The van der Waals surface area contributed by atoms with Gasteiger partial charge in [-0.2, -0.15) is 0 Å². The Hall–Kier alpha value is -5.26. The number of hydrogen-bond acceptors (Lipinski definition) is 8. The van der Waals surface area contributed by atoms with Gasteiger partial charge in [0.1, 0.15) is 34.9 Å². The molecule has 0 heterocycles. The van der Waals surface area contributed by atoms with E-state index in [2.05, 4.69) is 16.0 Å². The molecule has 2 atom stereocenters. The molecule has 0 saturated carbocycles. The number of anilines is 1. The molecule has 12 heteroatoms. The molecule has 4 N–H and O–H groups in total. The monoisotopic (exact) mass is 648 g/mol. The number of aromatic hydroxyl groups is 1. The average Bonchev–Trinajstić information content (AvgIpc) is 3.02. The fraction of sp³-hybridized carbons (Fsp3) is 0.371. The minimum Gasteiger partial charge on any atom is -0.508 e. The predicted molar refractivity (Wildman–Crippen MR) is 178 cm³/mol. The summed E-state index contributed by atoms with van der Waals surface area (Å²) in [5.74, 6) is -1.12. The maximum absolute atomic E-state index is 14.1. The van der Waals surface area contributed by atoms with Gasteiger partial charge in [0.25, 0.3) is 0 Å². The van der Waals surface area contributed by atoms with E-state index >= 15 is 0 Å². The van der Waals surface area contributed by atoms with E-state index in [1.54, 1.807) is 51.1 Å². The molecule has 0 radical (unpaired) electrons. The second-order valence-electron chi connectivity index (χ2n) is 11.8. The number of benzene rings is 3. The lowest BCUT2D eigenvalue weighted by Gasteiger charge is -2.32. The summed E-state index contributed by atoms with van der Waals surface area (Å²) in [6.07, 6.45) is 0.0409. The zero-order valence-electron chi connectivity index (χ0n) is 27.7. The number of nitrogens with zero attached hydrogens (tertiary/aromatic N) is 1. The third kappa shape index (κ3) is 10.9. The van der Waals surface area contributed by atoms with Crippen molar-refractivity contribution in [1.82, 2.24) is 15.5 Å². The van der Waals surface area contributed by atoms with Crippen molar-refractivity contribution in [2.75, 3.05) is 26.1 Å². The number of carbonyl (C=O) groups excluding carboxylic acids is 4. The van der Waals surface area contributed by atoms with Crippen LogP contribution in [0.25, 0.3) is 0 Å². The lowest BCUT2D eigenvalue weighted by Crippen LogP contribution is -2.58. The Kier molecular flexibility index (Phi) is 13.0. The zero-order chi connectivity index (χ0) is 34.6. The van der Waals surface area contributed by atoms with E-state index in [4.69, 9.17) is 14.2 Å². The number of ether oxygens (including phenoxy) is 3. The Bertz CT molecular complexity index is 1480. The van der Waals surface area contributed by atoms with E-state index in [1.165, 1.54) is 33.3 Å². The van der Waals surface area contributed by atoms with Crippen LogP contribution in [0.3, 0.4) is 0 Å². The smallest absolute Gasteiger partial charge is 0.419 e. The summed E-state index contributed by atoms with van der Waals surface area (Å²) in [6.45, 7) is 6.77. The van der Waals surface area contributed by atoms with Gasteiger partial charge in [0.2, 0.25) is 11.8 Å². The van der Waals surface area contributed by atoms with Crippen LogP contribution in [0.2, 0.25) is 0 Å². The standard InChI is InChI=1S/C35H44N4O8/c1-23(31(41)36-19-13-16-24-14-9-7-10-15-24)37-32(42)28(22-27-29(45-5)20-26(40)21-30(27)46-6)39(34(44)47-35(2,3)4)33(43)38-25-17-11-8-12-18-25/h7-12,14-15,17-18,20-21,23,28,40H,13,16,19,22H2,1-6H3,(H,36,41)(H,37,42)(H,38,43)/t23-,28-/m1/s1. The van der Waals surface area contributed by atoms with Crippen LogP contribution in [0.5, 0.6) is 17.2 Å². The summed E-state index contributed by atoms with van der Waals surface area (Å²) >= 11 is 0. The molecule has 0 bridgehead atoms. The normalized spacial score (nSPS) is 12.2. The molecule has 0 unspecified atom stereocenters. The minimum absolute atomic E-state index is 0.150.